The molecule has 1 heterocycles. The van der Waals surface area contributed by atoms with E-state index in [1.165, 1.54) is 18.2 Å². The van der Waals surface area contributed by atoms with Crippen LogP contribution in [0.5, 0.6) is 0 Å². The van der Waals surface area contributed by atoms with E-state index in [1.54, 1.807) is 30.3 Å². The number of alkyl halides is 3. The topological polar surface area (TPSA) is 41.0 Å². The van der Waals surface area contributed by atoms with Gasteiger partial charge in [0.1, 0.15) is 11.6 Å². The Balaban J connectivity index is 1.93. The quantitative estimate of drug-likeness (QED) is 0.664. The molecule has 1 aromatic heterocycles. The van der Waals surface area contributed by atoms with Crippen LogP contribution in [0.15, 0.2) is 48.5 Å². The van der Waals surface area contributed by atoms with Gasteiger partial charge in [-0.2, -0.15) is 13.2 Å². The largest absolute Gasteiger partial charge is 0.451 e. The van der Waals surface area contributed by atoms with Crippen molar-refractivity contribution < 1.29 is 17.6 Å². The Hall–Kier alpha value is -2.74. The predicted octanol–water partition coefficient (Wildman–Crippen LogP) is 4.50. The lowest BCUT2D eigenvalue weighted by molar-refractivity contribution is -0.144. The Morgan fingerprint density at radius 2 is 1.67 bits per heavy atom. The van der Waals surface area contributed by atoms with E-state index in [0.717, 1.165) is 5.56 Å². The van der Waals surface area contributed by atoms with Gasteiger partial charge in [0.25, 0.3) is 0 Å². The van der Waals surface area contributed by atoms with Crippen LogP contribution < -0.4 is 5.32 Å². The van der Waals surface area contributed by atoms with Gasteiger partial charge >= 0.3 is 6.18 Å². The molecule has 1 unspecified atom stereocenters. The van der Waals surface area contributed by atoms with Gasteiger partial charge in [0, 0.05) is 11.9 Å². The lowest BCUT2D eigenvalue weighted by atomic mass is 10.1. The highest BCUT2D eigenvalue weighted by atomic mass is 19.4. The van der Waals surface area contributed by atoms with E-state index in [4.69, 9.17) is 0 Å². The van der Waals surface area contributed by atoms with Crippen molar-refractivity contribution in [2.24, 2.45) is 0 Å². The van der Waals surface area contributed by atoms with Crippen molar-refractivity contribution in [2.45, 2.75) is 12.2 Å². The van der Waals surface area contributed by atoms with E-state index in [-0.39, 0.29) is 29.7 Å². The maximum Gasteiger partial charge on any atom is 0.451 e. The standard InChI is InChI=1S/C19H18F4N4/c1-27(2)16(12-7-9-13(20)10-8-12)11-24-17-14-5-3-4-6-15(14)25-18(26-17)19(21,22)23/h3-10,16H,11H2,1-2H3,(H,24,25,26). The van der Waals surface area contributed by atoms with Crippen LogP contribution in [0.2, 0.25) is 0 Å². The first-order chi connectivity index (χ1) is 12.8. The Bertz CT molecular complexity index is 923. The average molecular weight is 378 g/mol. The average Bonchev–Trinajstić information content (AvgIpc) is 2.62. The van der Waals surface area contributed by atoms with Gasteiger partial charge in [-0.05, 0) is 43.9 Å². The molecule has 0 aliphatic carbocycles. The van der Waals surface area contributed by atoms with E-state index < -0.39 is 12.0 Å². The first-order valence-electron chi connectivity index (χ1n) is 8.25. The molecule has 8 heteroatoms. The molecular formula is C19H18F4N4. The first-order valence-corrected chi connectivity index (χ1v) is 8.25. The summed E-state index contributed by atoms with van der Waals surface area (Å²) in [6.45, 7) is 0.289. The molecule has 1 N–H and O–H groups in total. The zero-order valence-corrected chi connectivity index (χ0v) is 14.8. The van der Waals surface area contributed by atoms with Gasteiger partial charge in [-0.1, -0.05) is 24.3 Å². The number of hydrogen-bond acceptors (Lipinski definition) is 4. The van der Waals surface area contributed by atoms with Gasteiger partial charge in [-0.25, -0.2) is 14.4 Å². The van der Waals surface area contributed by atoms with Gasteiger partial charge in [-0.3, -0.25) is 0 Å². The monoisotopic (exact) mass is 378 g/mol. The van der Waals surface area contributed by atoms with Gasteiger partial charge in [-0.15, -0.1) is 0 Å². The third kappa shape index (κ3) is 4.33. The Morgan fingerprint density at radius 3 is 2.30 bits per heavy atom. The van der Waals surface area contributed by atoms with Gasteiger partial charge in [0.2, 0.25) is 5.82 Å². The number of halogens is 4. The number of fused-ring (bicyclic) bond motifs is 1. The van der Waals surface area contributed by atoms with Crippen molar-refractivity contribution in [3.05, 3.63) is 65.7 Å². The highest BCUT2D eigenvalue weighted by Crippen LogP contribution is 2.30. The van der Waals surface area contributed by atoms with Crippen molar-refractivity contribution in [1.29, 1.82) is 0 Å². The SMILES string of the molecule is CN(C)C(CNc1nc(C(F)(F)F)nc2ccccc12)c1ccc(F)cc1. The molecule has 1 atom stereocenters. The molecule has 0 radical (unpaired) electrons. The molecule has 3 aromatic rings. The molecule has 142 valence electrons. The Labute approximate surface area is 153 Å². The van der Waals surface area contributed by atoms with Crippen molar-refractivity contribution in [3.63, 3.8) is 0 Å². The van der Waals surface area contributed by atoms with E-state index in [2.05, 4.69) is 15.3 Å². The number of para-hydroxylation sites is 1. The summed E-state index contributed by atoms with van der Waals surface area (Å²) in [6, 6.07) is 12.4. The number of benzene rings is 2. The second kappa shape index (κ2) is 7.48. The molecule has 27 heavy (non-hydrogen) atoms. The Morgan fingerprint density at radius 1 is 1.00 bits per heavy atom. The third-order valence-corrected chi connectivity index (χ3v) is 4.20. The molecule has 0 amide bonds. The number of rotatable bonds is 5. The van der Waals surface area contributed by atoms with E-state index in [0.29, 0.717) is 5.39 Å². The lowest BCUT2D eigenvalue weighted by Gasteiger charge is -2.25. The van der Waals surface area contributed by atoms with Crippen LogP contribution in [0.25, 0.3) is 10.9 Å². The highest BCUT2D eigenvalue weighted by molar-refractivity contribution is 5.89. The van der Waals surface area contributed by atoms with Crippen molar-refractivity contribution in [3.8, 4) is 0 Å². The highest BCUT2D eigenvalue weighted by Gasteiger charge is 2.35. The molecule has 0 spiro atoms. The van der Waals surface area contributed by atoms with Crippen LogP contribution in [0.3, 0.4) is 0 Å². The lowest BCUT2D eigenvalue weighted by Crippen LogP contribution is -2.27. The summed E-state index contributed by atoms with van der Waals surface area (Å²) in [6.07, 6.45) is -4.64. The normalized spacial score (nSPS) is 13.1. The zero-order valence-electron chi connectivity index (χ0n) is 14.8. The Kier molecular flexibility index (Phi) is 5.27. The van der Waals surface area contributed by atoms with Gasteiger partial charge < -0.3 is 10.2 Å². The fourth-order valence-corrected chi connectivity index (χ4v) is 2.81. The first kappa shape index (κ1) is 19.0. The van der Waals surface area contributed by atoms with Crippen LogP contribution in [0.1, 0.15) is 17.4 Å². The third-order valence-electron chi connectivity index (χ3n) is 4.20. The van der Waals surface area contributed by atoms with Crippen molar-refractivity contribution in [1.82, 2.24) is 14.9 Å². The summed E-state index contributed by atoms with van der Waals surface area (Å²) in [5, 5.41) is 3.51. The van der Waals surface area contributed by atoms with Gasteiger partial charge in [0.15, 0.2) is 0 Å². The molecule has 0 fully saturated rings. The van der Waals surface area contributed by atoms with Crippen molar-refractivity contribution >= 4 is 16.7 Å². The minimum absolute atomic E-state index is 0.113. The second-order valence-electron chi connectivity index (χ2n) is 6.32. The summed E-state index contributed by atoms with van der Waals surface area (Å²) in [5.41, 5.74) is 1.05. The minimum Gasteiger partial charge on any atom is -0.368 e. The fourth-order valence-electron chi connectivity index (χ4n) is 2.81. The number of aromatic nitrogens is 2. The zero-order chi connectivity index (χ0) is 19.6. The van der Waals surface area contributed by atoms with E-state index >= 15 is 0 Å². The van der Waals surface area contributed by atoms with Crippen LogP contribution in [0.4, 0.5) is 23.4 Å². The maximum absolute atomic E-state index is 13.2. The van der Waals surface area contributed by atoms with Crippen molar-refractivity contribution in [2.75, 3.05) is 26.0 Å². The molecule has 0 aliphatic heterocycles. The van der Waals surface area contributed by atoms with Crippen LogP contribution in [-0.2, 0) is 6.18 Å². The number of nitrogens with one attached hydrogen (secondary N) is 1. The maximum atomic E-state index is 13.2. The van der Waals surface area contributed by atoms with E-state index in [9.17, 15) is 17.6 Å². The summed E-state index contributed by atoms with van der Waals surface area (Å²) >= 11 is 0. The van der Waals surface area contributed by atoms with Crippen LogP contribution in [-0.4, -0.2) is 35.5 Å². The van der Waals surface area contributed by atoms with E-state index in [1.807, 2.05) is 19.0 Å². The minimum atomic E-state index is -4.64. The summed E-state index contributed by atoms with van der Waals surface area (Å²) in [7, 11) is 3.68. The second-order valence-corrected chi connectivity index (χ2v) is 6.32. The molecule has 4 nitrogen and oxygen atoms in total. The summed E-state index contributed by atoms with van der Waals surface area (Å²) in [4.78, 5) is 9.19. The molecule has 0 saturated heterocycles. The van der Waals surface area contributed by atoms with Crippen LogP contribution >= 0.6 is 0 Å². The molecule has 0 aliphatic rings. The number of likely N-dealkylation sites (N-methyl/N-ethyl adjacent to an activating group) is 1. The van der Waals surface area contributed by atoms with Gasteiger partial charge in [0.05, 0.1) is 11.6 Å². The number of hydrogen-bond donors (Lipinski definition) is 1. The van der Waals surface area contributed by atoms with Crippen LogP contribution in [0, 0.1) is 5.82 Å². The molecule has 0 saturated carbocycles. The number of nitrogens with zero attached hydrogens (tertiary/aromatic N) is 3. The number of anilines is 1. The smallest absolute Gasteiger partial charge is 0.368 e. The fraction of sp³-hybridized carbons (Fsp3) is 0.263. The molecule has 0 bridgehead atoms. The predicted molar refractivity (Wildman–Crippen MR) is 95.9 cm³/mol. The summed E-state index contributed by atoms with van der Waals surface area (Å²) in [5.74, 6) is -1.42. The molecule has 3 rings (SSSR count). The summed E-state index contributed by atoms with van der Waals surface area (Å²) < 4.78 is 52.6. The molecule has 2 aromatic carbocycles. The molecular weight excluding hydrogens is 360 g/mol.